The van der Waals surface area contributed by atoms with Gasteiger partial charge in [0.15, 0.2) is 9.84 Å². The Balaban J connectivity index is 2.15. The van der Waals surface area contributed by atoms with Gasteiger partial charge in [-0.05, 0) is 31.0 Å². The summed E-state index contributed by atoms with van der Waals surface area (Å²) in [5.41, 5.74) is 0.242. The lowest BCUT2D eigenvalue weighted by Gasteiger charge is -2.37. The van der Waals surface area contributed by atoms with Crippen LogP contribution in [0.5, 0.6) is 0 Å². The Morgan fingerprint density at radius 3 is 2.56 bits per heavy atom. The lowest BCUT2D eigenvalue weighted by molar-refractivity contribution is 0.200. The van der Waals surface area contributed by atoms with Crippen LogP contribution >= 0.6 is 11.6 Å². The van der Waals surface area contributed by atoms with E-state index in [1.165, 1.54) is 0 Å². The van der Waals surface area contributed by atoms with Gasteiger partial charge in [0.05, 0.1) is 23.7 Å². The average Bonchev–Trinajstić information content (AvgIpc) is 2.33. The molecule has 1 heterocycles. The standard InChI is InChI=1S/C12H16ClNO3S/c13-10-2-1-3-11(8-10)14-12(9-15)4-6-18(16,17)7-5-12/h1-3,8,14-15H,4-7,9H2. The zero-order valence-electron chi connectivity index (χ0n) is 9.89. The summed E-state index contributed by atoms with van der Waals surface area (Å²) < 4.78 is 22.9. The zero-order valence-corrected chi connectivity index (χ0v) is 11.5. The number of rotatable bonds is 3. The molecule has 100 valence electrons. The minimum Gasteiger partial charge on any atom is -0.394 e. The average molecular weight is 290 g/mol. The van der Waals surface area contributed by atoms with Crippen LogP contribution in [0.25, 0.3) is 0 Å². The quantitative estimate of drug-likeness (QED) is 0.889. The highest BCUT2D eigenvalue weighted by atomic mass is 35.5. The molecule has 0 saturated carbocycles. The van der Waals surface area contributed by atoms with Crippen LogP contribution < -0.4 is 5.32 Å². The fourth-order valence-corrected chi connectivity index (χ4v) is 3.92. The maximum atomic E-state index is 11.4. The number of nitrogens with one attached hydrogen (secondary N) is 1. The highest BCUT2D eigenvalue weighted by molar-refractivity contribution is 7.91. The molecule has 0 aliphatic carbocycles. The fraction of sp³-hybridized carbons (Fsp3) is 0.500. The second-order valence-electron chi connectivity index (χ2n) is 4.73. The van der Waals surface area contributed by atoms with Crippen molar-refractivity contribution >= 4 is 27.1 Å². The third kappa shape index (κ3) is 3.16. The number of benzene rings is 1. The Kier molecular flexibility index (Phi) is 3.84. The molecule has 1 saturated heterocycles. The van der Waals surface area contributed by atoms with Gasteiger partial charge in [-0.3, -0.25) is 0 Å². The van der Waals surface area contributed by atoms with E-state index in [0.717, 1.165) is 5.69 Å². The Morgan fingerprint density at radius 1 is 1.33 bits per heavy atom. The summed E-state index contributed by atoms with van der Waals surface area (Å²) in [4.78, 5) is 0. The number of sulfone groups is 1. The number of hydrogen-bond acceptors (Lipinski definition) is 4. The summed E-state index contributed by atoms with van der Waals surface area (Å²) in [5.74, 6) is 0.224. The van der Waals surface area contributed by atoms with E-state index in [1.807, 2.05) is 12.1 Å². The topological polar surface area (TPSA) is 66.4 Å². The lowest BCUT2D eigenvalue weighted by Crippen LogP contribution is -2.48. The van der Waals surface area contributed by atoms with Crippen LogP contribution in [0.1, 0.15) is 12.8 Å². The maximum Gasteiger partial charge on any atom is 0.150 e. The first kappa shape index (κ1) is 13.6. The fourth-order valence-electron chi connectivity index (χ4n) is 2.12. The summed E-state index contributed by atoms with van der Waals surface area (Å²) in [6.45, 7) is -0.0883. The van der Waals surface area contributed by atoms with E-state index < -0.39 is 15.4 Å². The van der Waals surface area contributed by atoms with Gasteiger partial charge in [-0.2, -0.15) is 0 Å². The van der Waals surface area contributed by atoms with Crippen molar-refractivity contribution in [1.29, 1.82) is 0 Å². The summed E-state index contributed by atoms with van der Waals surface area (Å²) >= 11 is 5.90. The molecule has 0 unspecified atom stereocenters. The molecule has 0 amide bonds. The maximum absolute atomic E-state index is 11.4. The van der Waals surface area contributed by atoms with Gasteiger partial charge in [-0.15, -0.1) is 0 Å². The first-order chi connectivity index (χ1) is 8.45. The molecule has 1 aliphatic rings. The molecule has 18 heavy (non-hydrogen) atoms. The van der Waals surface area contributed by atoms with Crippen molar-refractivity contribution in [3.8, 4) is 0 Å². The molecular weight excluding hydrogens is 274 g/mol. The Morgan fingerprint density at radius 2 is 2.00 bits per heavy atom. The number of halogens is 1. The third-order valence-electron chi connectivity index (χ3n) is 3.32. The van der Waals surface area contributed by atoms with Gasteiger partial charge in [0.1, 0.15) is 0 Å². The number of anilines is 1. The van der Waals surface area contributed by atoms with Gasteiger partial charge in [0.25, 0.3) is 0 Å². The van der Waals surface area contributed by atoms with Crippen molar-refractivity contribution in [3.05, 3.63) is 29.3 Å². The molecule has 2 rings (SSSR count). The first-order valence-electron chi connectivity index (χ1n) is 5.80. The molecule has 0 bridgehead atoms. The van der Waals surface area contributed by atoms with Crippen molar-refractivity contribution in [2.45, 2.75) is 18.4 Å². The summed E-state index contributed by atoms with van der Waals surface area (Å²) in [6.07, 6.45) is 0.830. The predicted molar refractivity (Wildman–Crippen MR) is 72.8 cm³/mol. The summed E-state index contributed by atoms with van der Waals surface area (Å²) in [5, 5.41) is 13.4. The second kappa shape index (κ2) is 5.07. The van der Waals surface area contributed by atoms with Crippen molar-refractivity contribution in [3.63, 3.8) is 0 Å². The molecule has 0 radical (unpaired) electrons. The summed E-state index contributed by atoms with van der Waals surface area (Å²) in [6, 6.07) is 7.20. The van der Waals surface area contributed by atoms with E-state index in [0.29, 0.717) is 17.9 Å². The van der Waals surface area contributed by atoms with Gasteiger partial charge in [0, 0.05) is 10.7 Å². The highest BCUT2D eigenvalue weighted by Crippen LogP contribution is 2.28. The van der Waals surface area contributed by atoms with E-state index in [9.17, 15) is 13.5 Å². The van der Waals surface area contributed by atoms with Gasteiger partial charge < -0.3 is 10.4 Å². The number of hydrogen-bond donors (Lipinski definition) is 2. The molecule has 1 aromatic rings. The molecule has 6 heteroatoms. The van der Waals surface area contributed by atoms with Crippen LogP contribution in [0.3, 0.4) is 0 Å². The van der Waals surface area contributed by atoms with Gasteiger partial charge in [-0.25, -0.2) is 8.42 Å². The van der Waals surface area contributed by atoms with E-state index >= 15 is 0 Å². The molecule has 2 N–H and O–H groups in total. The smallest absolute Gasteiger partial charge is 0.150 e. The highest BCUT2D eigenvalue weighted by Gasteiger charge is 2.36. The van der Waals surface area contributed by atoms with Crippen molar-refractivity contribution < 1.29 is 13.5 Å². The van der Waals surface area contributed by atoms with Crippen LogP contribution in [-0.2, 0) is 9.84 Å². The van der Waals surface area contributed by atoms with Gasteiger partial charge in [-0.1, -0.05) is 17.7 Å². The SMILES string of the molecule is O=S1(=O)CCC(CO)(Nc2cccc(Cl)c2)CC1. The summed E-state index contributed by atoms with van der Waals surface area (Å²) in [7, 11) is -2.94. The largest absolute Gasteiger partial charge is 0.394 e. The van der Waals surface area contributed by atoms with Crippen molar-refractivity contribution in [2.75, 3.05) is 23.4 Å². The normalized spacial score (nSPS) is 21.4. The second-order valence-corrected chi connectivity index (χ2v) is 7.47. The predicted octanol–water partition coefficient (Wildman–Crippen LogP) is 1.69. The third-order valence-corrected chi connectivity index (χ3v) is 5.21. The molecule has 1 aliphatic heterocycles. The van der Waals surface area contributed by atoms with Crippen LogP contribution in [-0.4, -0.2) is 37.2 Å². The van der Waals surface area contributed by atoms with E-state index in [4.69, 9.17) is 11.6 Å². The molecule has 4 nitrogen and oxygen atoms in total. The Labute approximate surface area is 112 Å². The van der Waals surface area contributed by atoms with Crippen LogP contribution in [0.4, 0.5) is 5.69 Å². The number of aliphatic hydroxyl groups is 1. The van der Waals surface area contributed by atoms with E-state index in [2.05, 4.69) is 5.32 Å². The Hall–Kier alpha value is -0.780. The molecule has 0 atom stereocenters. The molecule has 0 aromatic heterocycles. The van der Waals surface area contributed by atoms with Crippen molar-refractivity contribution in [1.82, 2.24) is 0 Å². The monoisotopic (exact) mass is 289 g/mol. The Bertz CT molecular complexity index is 516. The minimum absolute atomic E-state index is 0.0883. The van der Waals surface area contributed by atoms with Gasteiger partial charge in [0.2, 0.25) is 0 Å². The molecule has 1 fully saturated rings. The molecule has 0 spiro atoms. The van der Waals surface area contributed by atoms with Crippen LogP contribution in [0.15, 0.2) is 24.3 Å². The van der Waals surface area contributed by atoms with E-state index in [1.54, 1.807) is 12.1 Å². The first-order valence-corrected chi connectivity index (χ1v) is 8.00. The minimum atomic E-state index is -2.94. The molecular formula is C12H16ClNO3S. The molecule has 1 aromatic carbocycles. The van der Waals surface area contributed by atoms with Crippen LogP contribution in [0.2, 0.25) is 5.02 Å². The zero-order chi connectivity index (χ0) is 13.2. The van der Waals surface area contributed by atoms with Crippen LogP contribution in [0, 0.1) is 0 Å². The van der Waals surface area contributed by atoms with Gasteiger partial charge >= 0.3 is 0 Å². The van der Waals surface area contributed by atoms with E-state index in [-0.39, 0.29) is 18.1 Å². The lowest BCUT2D eigenvalue weighted by atomic mass is 9.93. The number of aliphatic hydroxyl groups excluding tert-OH is 1. The van der Waals surface area contributed by atoms with Crippen molar-refractivity contribution in [2.24, 2.45) is 0 Å².